The van der Waals surface area contributed by atoms with Gasteiger partial charge in [-0.2, -0.15) is 0 Å². The van der Waals surface area contributed by atoms with Crippen molar-refractivity contribution in [2.24, 2.45) is 5.92 Å². The molecule has 9 heteroatoms. The number of nitrogens with one attached hydrogen (secondary N) is 3. The summed E-state index contributed by atoms with van der Waals surface area (Å²) in [5, 5.41) is 10.2. The Bertz CT molecular complexity index is 1220. The highest BCUT2D eigenvalue weighted by Gasteiger charge is 2.21. The Kier molecular flexibility index (Phi) is 6.34. The quantitative estimate of drug-likeness (QED) is 0.498. The molecule has 4 heterocycles. The summed E-state index contributed by atoms with van der Waals surface area (Å²) >= 11 is 6.14. The minimum absolute atomic E-state index is 0.116. The van der Waals surface area contributed by atoms with Gasteiger partial charge in [0.25, 0.3) is 0 Å². The van der Waals surface area contributed by atoms with Crippen LogP contribution in [0.4, 0.5) is 23.1 Å². The summed E-state index contributed by atoms with van der Waals surface area (Å²) in [6.45, 7) is 5.22. The number of carbonyl (C=O) groups excluding carboxylic acids is 1. The van der Waals surface area contributed by atoms with Crippen molar-refractivity contribution in [2.45, 2.75) is 26.2 Å². The summed E-state index contributed by atoms with van der Waals surface area (Å²) in [4.78, 5) is 28.6. The molecule has 0 saturated carbocycles. The molecule has 1 aromatic carbocycles. The van der Waals surface area contributed by atoms with E-state index in [0.717, 1.165) is 48.0 Å². The zero-order valence-electron chi connectivity index (χ0n) is 19.4. The largest absolute Gasteiger partial charge is 0.370 e. The number of anilines is 4. The normalized spacial score (nSPS) is 16.3. The van der Waals surface area contributed by atoms with E-state index in [9.17, 15) is 4.79 Å². The number of likely N-dealkylation sites (tertiary alicyclic amines) is 1. The number of halogens is 1. The molecule has 0 atom stereocenters. The number of pyridine rings is 1. The van der Waals surface area contributed by atoms with E-state index in [1.165, 1.54) is 12.8 Å². The Labute approximate surface area is 204 Å². The van der Waals surface area contributed by atoms with Gasteiger partial charge in [-0.25, -0.2) is 15.0 Å². The average Bonchev–Trinajstić information content (AvgIpc) is 2.95. The Morgan fingerprint density at radius 3 is 2.79 bits per heavy atom. The SMILES string of the molecule is Cc1nc(NCC2CCN(C)CC2)ccc1Nc1ncc2c(n1)-c1ccc(Cl)cc1NC(=O)C2. The lowest BCUT2D eigenvalue weighted by Gasteiger charge is -2.29. The second-order valence-corrected chi connectivity index (χ2v) is 9.50. The van der Waals surface area contributed by atoms with E-state index in [1.54, 1.807) is 18.3 Å². The van der Waals surface area contributed by atoms with Gasteiger partial charge in [-0.1, -0.05) is 11.6 Å². The Balaban J connectivity index is 1.32. The number of amides is 1. The predicted octanol–water partition coefficient (Wildman–Crippen LogP) is 4.49. The van der Waals surface area contributed by atoms with Crippen molar-refractivity contribution in [3.8, 4) is 11.3 Å². The predicted molar refractivity (Wildman–Crippen MR) is 136 cm³/mol. The molecule has 0 unspecified atom stereocenters. The van der Waals surface area contributed by atoms with Crippen molar-refractivity contribution in [3.63, 3.8) is 0 Å². The Morgan fingerprint density at radius 1 is 1.18 bits per heavy atom. The van der Waals surface area contributed by atoms with Gasteiger partial charge in [0, 0.05) is 28.9 Å². The molecular formula is C25H28ClN7O. The van der Waals surface area contributed by atoms with Gasteiger partial charge in [-0.05, 0) is 76.2 Å². The van der Waals surface area contributed by atoms with Crippen LogP contribution in [0.1, 0.15) is 24.1 Å². The number of hydrogen-bond donors (Lipinski definition) is 3. The van der Waals surface area contributed by atoms with Crippen LogP contribution in [-0.2, 0) is 11.2 Å². The number of carbonyl (C=O) groups is 1. The number of aromatic nitrogens is 3. The maximum absolute atomic E-state index is 12.3. The van der Waals surface area contributed by atoms with Crippen LogP contribution in [0.3, 0.4) is 0 Å². The molecule has 0 radical (unpaired) electrons. The average molecular weight is 478 g/mol. The standard InChI is InChI=1S/C25H28ClN7O/c1-15-20(5-6-22(29-15)27-13-16-7-9-33(2)10-8-16)31-25-28-14-17-11-23(34)30-21-12-18(26)3-4-19(21)24(17)32-25/h3-6,12,14,16H,7-11,13H2,1-2H3,(H,27,29)(H,30,34)(H,28,31,32). The van der Waals surface area contributed by atoms with Gasteiger partial charge in [0.1, 0.15) is 5.82 Å². The van der Waals surface area contributed by atoms with Crippen molar-refractivity contribution in [3.05, 3.63) is 52.8 Å². The summed E-state index contributed by atoms with van der Waals surface area (Å²) in [6, 6.07) is 9.38. The molecule has 1 saturated heterocycles. The molecule has 3 aromatic rings. The first-order chi connectivity index (χ1) is 16.4. The molecule has 2 aliphatic rings. The molecule has 34 heavy (non-hydrogen) atoms. The first-order valence-corrected chi connectivity index (χ1v) is 11.9. The van der Waals surface area contributed by atoms with Crippen LogP contribution in [-0.4, -0.2) is 52.4 Å². The summed E-state index contributed by atoms with van der Waals surface area (Å²) in [5.74, 6) is 1.89. The zero-order chi connectivity index (χ0) is 23.7. The van der Waals surface area contributed by atoms with Gasteiger partial charge < -0.3 is 20.9 Å². The van der Waals surface area contributed by atoms with Gasteiger partial charge in [-0.15, -0.1) is 0 Å². The fourth-order valence-corrected chi connectivity index (χ4v) is 4.62. The van der Waals surface area contributed by atoms with E-state index < -0.39 is 0 Å². The fraction of sp³-hybridized carbons (Fsp3) is 0.360. The summed E-state index contributed by atoms with van der Waals surface area (Å²) in [5.41, 5.74) is 4.65. The number of aryl methyl sites for hydroxylation is 1. The Hall–Kier alpha value is -3.23. The minimum Gasteiger partial charge on any atom is -0.370 e. The van der Waals surface area contributed by atoms with Crippen molar-refractivity contribution in [1.82, 2.24) is 19.9 Å². The van der Waals surface area contributed by atoms with Crippen LogP contribution >= 0.6 is 11.6 Å². The zero-order valence-corrected chi connectivity index (χ0v) is 20.1. The van der Waals surface area contributed by atoms with Gasteiger partial charge >= 0.3 is 0 Å². The van der Waals surface area contributed by atoms with Crippen LogP contribution < -0.4 is 16.0 Å². The third-order valence-electron chi connectivity index (χ3n) is 6.47. The van der Waals surface area contributed by atoms with E-state index >= 15 is 0 Å². The van der Waals surface area contributed by atoms with Gasteiger partial charge in [0.2, 0.25) is 11.9 Å². The lowest BCUT2D eigenvalue weighted by Crippen LogP contribution is -2.33. The second kappa shape index (κ2) is 9.56. The lowest BCUT2D eigenvalue weighted by atomic mass is 9.97. The number of fused-ring (bicyclic) bond motifs is 3. The molecule has 0 bridgehead atoms. The third-order valence-corrected chi connectivity index (χ3v) is 6.70. The second-order valence-electron chi connectivity index (χ2n) is 9.06. The summed E-state index contributed by atoms with van der Waals surface area (Å²) in [7, 11) is 2.18. The molecule has 0 spiro atoms. The van der Waals surface area contributed by atoms with Gasteiger partial charge in [-0.3, -0.25) is 4.79 Å². The molecular weight excluding hydrogens is 450 g/mol. The third kappa shape index (κ3) is 4.98. The van der Waals surface area contributed by atoms with E-state index in [0.29, 0.717) is 28.3 Å². The first kappa shape index (κ1) is 22.6. The molecule has 2 aromatic heterocycles. The molecule has 2 aliphatic heterocycles. The van der Waals surface area contributed by atoms with Crippen molar-refractivity contribution < 1.29 is 4.79 Å². The smallest absolute Gasteiger partial charge is 0.228 e. The molecule has 0 aliphatic carbocycles. The van der Waals surface area contributed by atoms with Gasteiger partial charge in [0.05, 0.1) is 29.2 Å². The van der Waals surface area contributed by atoms with Crippen LogP contribution in [0.2, 0.25) is 5.02 Å². The number of piperidine rings is 1. The van der Waals surface area contributed by atoms with Crippen LogP contribution in [0.15, 0.2) is 36.5 Å². The highest BCUT2D eigenvalue weighted by Crippen LogP contribution is 2.35. The minimum atomic E-state index is -0.116. The lowest BCUT2D eigenvalue weighted by molar-refractivity contribution is -0.115. The number of rotatable bonds is 5. The Morgan fingerprint density at radius 2 is 2.00 bits per heavy atom. The summed E-state index contributed by atoms with van der Waals surface area (Å²) in [6.07, 6.45) is 4.34. The van der Waals surface area contributed by atoms with Crippen LogP contribution in [0, 0.1) is 12.8 Å². The van der Waals surface area contributed by atoms with E-state index in [2.05, 4.69) is 32.9 Å². The van der Waals surface area contributed by atoms with Crippen LogP contribution in [0.5, 0.6) is 0 Å². The highest BCUT2D eigenvalue weighted by atomic mass is 35.5. The molecule has 1 amide bonds. The highest BCUT2D eigenvalue weighted by molar-refractivity contribution is 6.31. The van der Waals surface area contributed by atoms with E-state index in [-0.39, 0.29) is 12.3 Å². The molecule has 176 valence electrons. The van der Waals surface area contributed by atoms with E-state index in [4.69, 9.17) is 21.6 Å². The monoisotopic (exact) mass is 477 g/mol. The van der Waals surface area contributed by atoms with Crippen molar-refractivity contribution >= 4 is 40.6 Å². The van der Waals surface area contributed by atoms with Crippen molar-refractivity contribution in [2.75, 3.05) is 42.6 Å². The van der Waals surface area contributed by atoms with E-state index in [1.807, 2.05) is 25.1 Å². The molecule has 1 fully saturated rings. The first-order valence-electron chi connectivity index (χ1n) is 11.6. The number of nitrogens with zero attached hydrogens (tertiary/aromatic N) is 4. The molecule has 8 nitrogen and oxygen atoms in total. The topological polar surface area (TPSA) is 95.1 Å². The van der Waals surface area contributed by atoms with Crippen molar-refractivity contribution in [1.29, 1.82) is 0 Å². The maximum atomic E-state index is 12.3. The molecule has 3 N–H and O–H groups in total. The maximum Gasteiger partial charge on any atom is 0.228 e. The number of benzene rings is 1. The van der Waals surface area contributed by atoms with Crippen LogP contribution in [0.25, 0.3) is 11.3 Å². The summed E-state index contributed by atoms with van der Waals surface area (Å²) < 4.78 is 0. The number of hydrogen-bond acceptors (Lipinski definition) is 7. The molecule has 5 rings (SSSR count). The fourth-order valence-electron chi connectivity index (χ4n) is 4.45. The van der Waals surface area contributed by atoms with Gasteiger partial charge in [0.15, 0.2) is 0 Å².